The van der Waals surface area contributed by atoms with Gasteiger partial charge in [0.2, 0.25) is 0 Å². The first-order valence-electron chi connectivity index (χ1n) is 8.45. The molecule has 0 saturated carbocycles. The smallest absolute Gasteiger partial charge is 0.417 e. The lowest BCUT2D eigenvalue weighted by molar-refractivity contribution is -0.155. The number of hydrogen-bond acceptors (Lipinski definition) is 5. The second-order valence-corrected chi connectivity index (χ2v) is 7.57. The van der Waals surface area contributed by atoms with E-state index < -0.39 is 35.0 Å². The molecule has 1 aromatic carbocycles. The number of likely N-dealkylation sites (tertiary alicyclic amines) is 1. The molecule has 1 aromatic rings. The summed E-state index contributed by atoms with van der Waals surface area (Å²) >= 11 is 0. The van der Waals surface area contributed by atoms with Crippen LogP contribution >= 0.6 is 0 Å². The largest absolute Gasteiger partial charge is 0.460 e. The molecule has 2 amide bonds. The van der Waals surface area contributed by atoms with Gasteiger partial charge in [0, 0.05) is 5.57 Å². The van der Waals surface area contributed by atoms with Crippen LogP contribution < -0.4 is 0 Å². The summed E-state index contributed by atoms with van der Waals surface area (Å²) in [6.45, 7) is 12.1. The van der Waals surface area contributed by atoms with Gasteiger partial charge in [0.1, 0.15) is 17.6 Å². The molecule has 0 radical (unpaired) electrons. The fourth-order valence-electron chi connectivity index (χ4n) is 2.77. The summed E-state index contributed by atoms with van der Waals surface area (Å²) in [5.41, 5.74) is -1.24. The van der Waals surface area contributed by atoms with Crippen LogP contribution in [0.1, 0.15) is 40.2 Å². The molecule has 140 valence electrons. The Morgan fingerprint density at radius 3 is 2.35 bits per heavy atom. The van der Waals surface area contributed by atoms with Crippen molar-refractivity contribution in [1.82, 2.24) is 4.90 Å². The van der Waals surface area contributed by atoms with E-state index >= 15 is 0 Å². The number of benzene rings is 1. The fourth-order valence-corrected chi connectivity index (χ4v) is 2.77. The van der Waals surface area contributed by atoms with Gasteiger partial charge in [-0.3, -0.25) is 9.59 Å². The van der Waals surface area contributed by atoms with Gasteiger partial charge in [-0.15, -0.1) is 0 Å². The van der Waals surface area contributed by atoms with Gasteiger partial charge in [0.25, 0.3) is 5.91 Å². The average molecular weight is 359 g/mol. The SMILES string of the molecule is C=C1C(=O)N(C(=O)OC(C)(C)C)[C@H](C)[C@@]1(C)C(=O)OCc1ccccc1. The number of imide groups is 1. The second kappa shape index (κ2) is 6.94. The molecule has 26 heavy (non-hydrogen) atoms. The topological polar surface area (TPSA) is 72.9 Å². The van der Waals surface area contributed by atoms with E-state index in [-0.39, 0.29) is 12.2 Å². The average Bonchev–Trinajstić information content (AvgIpc) is 2.73. The number of hydrogen-bond donors (Lipinski definition) is 0. The Kier molecular flexibility index (Phi) is 5.26. The van der Waals surface area contributed by atoms with Crippen molar-refractivity contribution >= 4 is 18.0 Å². The van der Waals surface area contributed by atoms with Gasteiger partial charge in [-0.05, 0) is 40.2 Å². The van der Waals surface area contributed by atoms with E-state index in [1.165, 1.54) is 0 Å². The Hall–Kier alpha value is -2.63. The third-order valence-corrected chi connectivity index (χ3v) is 4.55. The molecule has 6 heteroatoms. The minimum atomic E-state index is -1.33. The van der Waals surface area contributed by atoms with E-state index in [2.05, 4.69) is 6.58 Å². The summed E-state index contributed by atoms with van der Waals surface area (Å²) < 4.78 is 10.7. The van der Waals surface area contributed by atoms with Crippen molar-refractivity contribution in [3.05, 3.63) is 48.0 Å². The lowest BCUT2D eigenvalue weighted by Gasteiger charge is -2.30. The molecule has 1 fully saturated rings. The Labute approximate surface area is 153 Å². The first-order valence-corrected chi connectivity index (χ1v) is 8.45. The van der Waals surface area contributed by atoms with Crippen LogP contribution in [-0.2, 0) is 25.7 Å². The summed E-state index contributed by atoms with van der Waals surface area (Å²) in [7, 11) is 0. The van der Waals surface area contributed by atoms with Crippen LogP contribution in [0.3, 0.4) is 0 Å². The van der Waals surface area contributed by atoms with Gasteiger partial charge in [0.15, 0.2) is 0 Å². The predicted octanol–water partition coefficient (Wildman–Crippen LogP) is 3.46. The maximum atomic E-state index is 12.7. The highest BCUT2D eigenvalue weighted by atomic mass is 16.6. The van der Waals surface area contributed by atoms with Crippen LogP contribution in [0.15, 0.2) is 42.5 Å². The first kappa shape index (κ1) is 19.7. The van der Waals surface area contributed by atoms with Gasteiger partial charge >= 0.3 is 12.1 Å². The Balaban J connectivity index is 2.19. The van der Waals surface area contributed by atoms with Crippen molar-refractivity contribution in [3.8, 4) is 0 Å². The third kappa shape index (κ3) is 3.64. The maximum absolute atomic E-state index is 12.7. The van der Waals surface area contributed by atoms with Gasteiger partial charge in [-0.2, -0.15) is 0 Å². The first-order chi connectivity index (χ1) is 12.0. The van der Waals surface area contributed by atoms with Crippen molar-refractivity contribution < 1.29 is 23.9 Å². The lowest BCUT2D eigenvalue weighted by atomic mass is 9.80. The zero-order valence-electron chi connectivity index (χ0n) is 15.9. The number of rotatable bonds is 3. The zero-order chi connectivity index (χ0) is 19.7. The van der Waals surface area contributed by atoms with Crippen molar-refractivity contribution in [2.75, 3.05) is 0 Å². The van der Waals surface area contributed by atoms with Crippen LogP contribution in [0.4, 0.5) is 4.79 Å². The van der Waals surface area contributed by atoms with Gasteiger partial charge < -0.3 is 9.47 Å². The standard InChI is InChI=1S/C20H25NO5/c1-13-16(22)21(18(24)26-19(3,4)5)14(2)20(13,6)17(23)25-12-15-10-8-7-9-11-15/h7-11,14H,1,12H2,2-6H3/t14-,20+/m1/s1. The Morgan fingerprint density at radius 2 is 1.81 bits per heavy atom. The molecular weight excluding hydrogens is 334 g/mol. The molecule has 1 aliphatic rings. The molecule has 0 aliphatic carbocycles. The molecule has 1 aliphatic heterocycles. The minimum Gasteiger partial charge on any atom is -0.460 e. The van der Waals surface area contributed by atoms with E-state index in [9.17, 15) is 14.4 Å². The van der Waals surface area contributed by atoms with E-state index in [4.69, 9.17) is 9.47 Å². The molecule has 0 bridgehead atoms. The molecule has 6 nitrogen and oxygen atoms in total. The fraction of sp³-hybridized carbons (Fsp3) is 0.450. The number of nitrogens with zero attached hydrogens (tertiary/aromatic N) is 1. The minimum absolute atomic E-state index is 0.0221. The van der Waals surface area contributed by atoms with Crippen LogP contribution in [-0.4, -0.2) is 34.5 Å². The number of amides is 2. The summed E-state index contributed by atoms with van der Waals surface area (Å²) in [6, 6.07) is 8.46. The summed E-state index contributed by atoms with van der Waals surface area (Å²) in [5, 5.41) is 0. The predicted molar refractivity (Wildman–Crippen MR) is 96.0 cm³/mol. The molecule has 2 rings (SSSR count). The van der Waals surface area contributed by atoms with Gasteiger partial charge in [-0.25, -0.2) is 9.69 Å². The molecule has 1 saturated heterocycles. The highest BCUT2D eigenvalue weighted by Gasteiger charge is 2.58. The quantitative estimate of drug-likeness (QED) is 0.610. The van der Waals surface area contributed by atoms with Crippen LogP contribution in [0.5, 0.6) is 0 Å². The summed E-state index contributed by atoms with van der Waals surface area (Å²) in [4.78, 5) is 38.6. The molecule has 0 aromatic heterocycles. The Bertz CT molecular complexity index is 734. The van der Waals surface area contributed by atoms with Crippen LogP contribution in [0.2, 0.25) is 0 Å². The van der Waals surface area contributed by atoms with Crippen molar-refractivity contribution in [3.63, 3.8) is 0 Å². The van der Waals surface area contributed by atoms with Crippen molar-refractivity contribution in [1.29, 1.82) is 0 Å². The number of carbonyl (C=O) groups is 3. The molecule has 0 unspecified atom stereocenters. The van der Waals surface area contributed by atoms with E-state index in [0.29, 0.717) is 0 Å². The van der Waals surface area contributed by atoms with Gasteiger partial charge in [-0.1, -0.05) is 36.9 Å². The van der Waals surface area contributed by atoms with Gasteiger partial charge in [0.05, 0.1) is 6.04 Å². The van der Waals surface area contributed by atoms with Crippen LogP contribution in [0.25, 0.3) is 0 Å². The monoisotopic (exact) mass is 359 g/mol. The Morgan fingerprint density at radius 1 is 1.23 bits per heavy atom. The second-order valence-electron chi connectivity index (χ2n) is 7.57. The van der Waals surface area contributed by atoms with Crippen LogP contribution in [0, 0.1) is 5.41 Å². The summed E-state index contributed by atoms with van der Waals surface area (Å²) in [6.07, 6.45) is -0.796. The van der Waals surface area contributed by atoms with Crippen molar-refractivity contribution in [2.45, 2.75) is 52.9 Å². The summed E-state index contributed by atoms with van der Waals surface area (Å²) in [5.74, 6) is -1.22. The molecule has 0 spiro atoms. The lowest BCUT2D eigenvalue weighted by Crippen LogP contribution is -2.46. The maximum Gasteiger partial charge on any atom is 0.417 e. The molecule has 1 heterocycles. The van der Waals surface area contributed by atoms with Crippen molar-refractivity contribution in [2.24, 2.45) is 5.41 Å². The third-order valence-electron chi connectivity index (χ3n) is 4.55. The highest BCUT2D eigenvalue weighted by Crippen LogP contribution is 2.42. The molecule has 0 N–H and O–H groups in total. The molecular formula is C20H25NO5. The number of esters is 1. The van der Waals surface area contributed by atoms with E-state index in [1.54, 1.807) is 34.6 Å². The zero-order valence-corrected chi connectivity index (χ0v) is 15.9. The van der Waals surface area contributed by atoms with E-state index in [1.807, 2.05) is 30.3 Å². The van der Waals surface area contributed by atoms with E-state index in [0.717, 1.165) is 10.5 Å². The number of carbonyl (C=O) groups excluding carboxylic acids is 3. The molecule has 2 atom stereocenters. The normalized spacial score (nSPS) is 23.1. The number of ether oxygens (including phenoxy) is 2. The highest BCUT2D eigenvalue weighted by molar-refractivity contribution is 6.10.